The summed E-state index contributed by atoms with van der Waals surface area (Å²) in [6.45, 7) is 5.66. The van der Waals surface area contributed by atoms with Crippen LogP contribution in [0.15, 0.2) is 47.4 Å². The average Bonchev–Trinajstić information content (AvgIpc) is 2.70. The smallest absolute Gasteiger partial charge is 0.241 e. The topological polar surface area (TPSA) is 180 Å². The van der Waals surface area contributed by atoms with Crippen LogP contribution in [0.1, 0.15) is 19.4 Å². The Bertz CT molecular complexity index is 1080. The molecule has 2 aromatic carbocycles. The Kier molecular flexibility index (Phi) is 11.6. The molecule has 13 heteroatoms. The molecule has 2 aromatic rings. The first-order valence-electron chi connectivity index (χ1n) is 9.79. The summed E-state index contributed by atoms with van der Waals surface area (Å²) in [7, 11) is -7.59. The standard InChI is InChI=1S/C20H28N2O5S.H2O4S/c1-4-26-17-7-5-6-8-18(17)27-12-11-22-15(2)13-16-9-10-19(25-3)20(14-16)28(21,23)24;1-5(2,3)4/h5-10,14-15,22H,4,11-13H2,1-3H3,(H2,21,23,24);(H2,1,2,3,4)/p-2/t15-;/m1./s1. The highest BCUT2D eigenvalue weighted by molar-refractivity contribution is 7.89. The minimum atomic E-state index is -5.17. The molecule has 0 aliphatic heterocycles. The van der Waals surface area contributed by atoms with Gasteiger partial charge in [-0.15, -0.1) is 0 Å². The van der Waals surface area contributed by atoms with Gasteiger partial charge >= 0.3 is 0 Å². The highest BCUT2D eigenvalue weighted by Gasteiger charge is 2.16. The Morgan fingerprint density at radius 3 is 2.09 bits per heavy atom. The Hall–Kier alpha value is -2.42. The summed E-state index contributed by atoms with van der Waals surface area (Å²) in [5.41, 5.74) is 0.854. The Morgan fingerprint density at radius 1 is 1.00 bits per heavy atom. The molecule has 0 unspecified atom stereocenters. The molecule has 11 nitrogen and oxygen atoms in total. The molecule has 0 aliphatic carbocycles. The molecule has 0 spiro atoms. The SMILES string of the molecule is CCOc1ccccc1OCCN[C@H](C)Cc1ccc(OC)c(S(N)(=O)=O)c1.O=S(=O)([O-])[O-]. The highest BCUT2D eigenvalue weighted by atomic mass is 32.3. The van der Waals surface area contributed by atoms with Gasteiger partial charge < -0.3 is 28.6 Å². The van der Waals surface area contributed by atoms with E-state index in [2.05, 4.69) is 5.32 Å². The van der Waals surface area contributed by atoms with Crippen LogP contribution in [-0.4, -0.2) is 58.9 Å². The number of primary sulfonamides is 1. The van der Waals surface area contributed by atoms with Gasteiger partial charge in [0.2, 0.25) is 10.0 Å². The number of ether oxygens (including phenoxy) is 3. The fourth-order valence-electron chi connectivity index (χ4n) is 2.81. The molecule has 0 aromatic heterocycles. The lowest BCUT2D eigenvalue weighted by Gasteiger charge is -2.16. The largest absolute Gasteiger partial charge is 0.759 e. The van der Waals surface area contributed by atoms with E-state index in [0.29, 0.717) is 31.9 Å². The number of benzene rings is 2. The van der Waals surface area contributed by atoms with Gasteiger partial charge in [-0.2, -0.15) is 0 Å². The average molecular weight is 505 g/mol. The van der Waals surface area contributed by atoms with Crippen molar-refractivity contribution in [3.8, 4) is 17.2 Å². The van der Waals surface area contributed by atoms with Crippen molar-refractivity contribution in [2.24, 2.45) is 5.14 Å². The first-order valence-corrected chi connectivity index (χ1v) is 12.7. The van der Waals surface area contributed by atoms with Crippen molar-refractivity contribution in [2.45, 2.75) is 31.2 Å². The van der Waals surface area contributed by atoms with Gasteiger partial charge in [0, 0.05) is 23.0 Å². The molecular weight excluding hydrogens is 476 g/mol. The molecule has 0 saturated carbocycles. The van der Waals surface area contributed by atoms with Crippen LogP contribution in [0.3, 0.4) is 0 Å². The third-order valence-corrected chi connectivity index (χ3v) is 5.01. The number of rotatable bonds is 11. The zero-order valence-corrected chi connectivity index (χ0v) is 20.1. The van der Waals surface area contributed by atoms with Crippen molar-refractivity contribution in [1.29, 1.82) is 0 Å². The van der Waals surface area contributed by atoms with Gasteiger partial charge in [-0.3, -0.25) is 8.42 Å². The highest BCUT2D eigenvalue weighted by Crippen LogP contribution is 2.26. The summed E-state index contributed by atoms with van der Waals surface area (Å²) in [5, 5.41) is 8.63. The summed E-state index contributed by atoms with van der Waals surface area (Å²) in [6, 6.07) is 12.7. The maximum absolute atomic E-state index is 11.7. The number of nitrogens with one attached hydrogen (secondary N) is 1. The molecule has 0 fully saturated rings. The van der Waals surface area contributed by atoms with Gasteiger partial charge in [0.15, 0.2) is 11.5 Å². The number of hydrogen-bond donors (Lipinski definition) is 2. The molecule has 0 bridgehead atoms. The molecule has 1 atom stereocenters. The number of sulfonamides is 1. The lowest BCUT2D eigenvalue weighted by atomic mass is 10.1. The summed E-state index contributed by atoms with van der Waals surface area (Å²) < 4.78 is 73.9. The summed E-state index contributed by atoms with van der Waals surface area (Å²) in [5.74, 6) is 1.69. The first kappa shape index (κ1) is 28.6. The minimum absolute atomic E-state index is 0.00411. The summed E-state index contributed by atoms with van der Waals surface area (Å²) >= 11 is 0. The molecule has 0 amide bonds. The van der Waals surface area contributed by atoms with Gasteiger partial charge in [0.25, 0.3) is 0 Å². The fraction of sp³-hybridized carbons (Fsp3) is 0.400. The van der Waals surface area contributed by atoms with Crippen LogP contribution in [-0.2, 0) is 26.8 Å². The maximum Gasteiger partial charge on any atom is 0.241 e. The Labute approximate surface area is 194 Å². The van der Waals surface area contributed by atoms with Crippen LogP contribution in [0, 0.1) is 0 Å². The number of hydrogen-bond acceptors (Lipinski definition) is 10. The third-order valence-electron chi connectivity index (χ3n) is 4.08. The number of nitrogens with two attached hydrogens (primary N) is 1. The maximum atomic E-state index is 11.7. The lowest BCUT2D eigenvalue weighted by molar-refractivity contribution is 0.272. The zero-order valence-electron chi connectivity index (χ0n) is 18.5. The van der Waals surface area contributed by atoms with Gasteiger partial charge in [0.05, 0.1) is 13.7 Å². The van der Waals surface area contributed by atoms with Crippen LogP contribution in [0.5, 0.6) is 17.2 Å². The first-order chi connectivity index (χ1) is 15.3. The van der Waals surface area contributed by atoms with Gasteiger partial charge in [-0.05, 0) is 50.1 Å². The summed E-state index contributed by atoms with van der Waals surface area (Å²) in [4.78, 5) is -0.00411. The van der Waals surface area contributed by atoms with Crippen LogP contribution in [0.25, 0.3) is 0 Å². The second-order valence-electron chi connectivity index (χ2n) is 6.73. The predicted octanol–water partition coefficient (Wildman–Crippen LogP) is 1.00. The summed E-state index contributed by atoms with van der Waals surface area (Å²) in [6.07, 6.45) is 0.641. The van der Waals surface area contributed by atoms with Crippen molar-refractivity contribution in [3.05, 3.63) is 48.0 Å². The van der Waals surface area contributed by atoms with Crippen molar-refractivity contribution >= 4 is 20.4 Å². The number of para-hydroxylation sites is 2. The van der Waals surface area contributed by atoms with E-state index in [1.807, 2.05) is 44.2 Å². The van der Waals surface area contributed by atoms with E-state index in [1.165, 1.54) is 7.11 Å². The predicted molar refractivity (Wildman–Crippen MR) is 119 cm³/mol. The van der Waals surface area contributed by atoms with Crippen LogP contribution >= 0.6 is 0 Å². The zero-order chi connectivity index (χ0) is 25.1. The molecule has 2 rings (SSSR count). The Balaban J connectivity index is 0.000000981. The van der Waals surface area contributed by atoms with Crippen molar-refractivity contribution in [3.63, 3.8) is 0 Å². The van der Waals surface area contributed by atoms with E-state index in [1.54, 1.807) is 12.1 Å². The molecular formula is C20H28N2O9S2-2. The molecule has 0 aliphatic rings. The van der Waals surface area contributed by atoms with Crippen LogP contribution < -0.4 is 24.7 Å². The Morgan fingerprint density at radius 2 is 1.58 bits per heavy atom. The van der Waals surface area contributed by atoms with Crippen LogP contribution in [0.4, 0.5) is 0 Å². The van der Waals surface area contributed by atoms with Crippen molar-refractivity contribution < 1.29 is 40.2 Å². The van der Waals surface area contributed by atoms with E-state index in [0.717, 1.165) is 11.3 Å². The normalized spacial score (nSPS) is 12.3. The quantitative estimate of drug-likeness (QED) is 0.254. The minimum Gasteiger partial charge on any atom is -0.759 e. The van der Waals surface area contributed by atoms with E-state index < -0.39 is 20.4 Å². The fourth-order valence-corrected chi connectivity index (χ4v) is 3.55. The van der Waals surface area contributed by atoms with Gasteiger partial charge in [-0.25, -0.2) is 13.6 Å². The van der Waals surface area contributed by atoms with Gasteiger partial charge in [-0.1, -0.05) is 18.2 Å². The second kappa shape index (κ2) is 13.3. The van der Waals surface area contributed by atoms with Crippen molar-refractivity contribution in [2.75, 3.05) is 26.9 Å². The lowest BCUT2D eigenvalue weighted by Crippen LogP contribution is -2.32. The molecule has 0 radical (unpaired) electrons. The monoisotopic (exact) mass is 504 g/mol. The molecule has 33 heavy (non-hydrogen) atoms. The molecule has 0 heterocycles. The van der Waals surface area contributed by atoms with E-state index >= 15 is 0 Å². The van der Waals surface area contributed by atoms with E-state index in [-0.39, 0.29) is 16.7 Å². The third kappa shape index (κ3) is 11.8. The van der Waals surface area contributed by atoms with E-state index in [9.17, 15) is 8.42 Å². The molecule has 186 valence electrons. The number of methoxy groups -OCH3 is 1. The molecule has 3 N–H and O–H groups in total. The second-order valence-corrected chi connectivity index (χ2v) is 9.07. The molecule has 0 saturated heterocycles. The van der Waals surface area contributed by atoms with Crippen molar-refractivity contribution in [1.82, 2.24) is 5.32 Å². The van der Waals surface area contributed by atoms with Crippen LogP contribution in [0.2, 0.25) is 0 Å². The van der Waals surface area contributed by atoms with Gasteiger partial charge in [0.1, 0.15) is 17.3 Å². The van der Waals surface area contributed by atoms with E-state index in [4.69, 9.17) is 36.9 Å².